The molecule has 2 rings (SSSR count). The Morgan fingerprint density at radius 3 is 2.89 bits per heavy atom. The minimum Gasteiger partial charge on any atom is -0.367 e. The van der Waals surface area contributed by atoms with Crippen LogP contribution in [0.15, 0.2) is 18.2 Å². The largest absolute Gasteiger partial charge is 0.367 e. The van der Waals surface area contributed by atoms with Crippen LogP contribution in [0.2, 0.25) is 5.02 Å². The van der Waals surface area contributed by atoms with Crippen molar-refractivity contribution < 1.29 is 4.79 Å². The van der Waals surface area contributed by atoms with E-state index in [2.05, 4.69) is 23.8 Å². The molecular weight excluding hydrogens is 248 g/mol. The second-order valence-corrected chi connectivity index (χ2v) is 5.19. The molecule has 18 heavy (non-hydrogen) atoms. The van der Waals surface area contributed by atoms with E-state index >= 15 is 0 Å². The zero-order valence-electron chi connectivity index (χ0n) is 10.9. The summed E-state index contributed by atoms with van der Waals surface area (Å²) in [5.41, 5.74) is 1.57. The lowest BCUT2D eigenvalue weighted by Crippen LogP contribution is -2.51. The maximum atomic E-state index is 11.1. The van der Waals surface area contributed by atoms with Gasteiger partial charge in [0.25, 0.3) is 0 Å². The number of carbonyl (C=O) groups is 1. The summed E-state index contributed by atoms with van der Waals surface area (Å²) in [6, 6.07) is 6.02. The van der Waals surface area contributed by atoms with Crippen molar-refractivity contribution >= 4 is 23.6 Å². The second-order valence-electron chi connectivity index (χ2n) is 4.78. The Morgan fingerprint density at radius 1 is 1.44 bits per heavy atom. The molecule has 4 heteroatoms. The van der Waals surface area contributed by atoms with Crippen LogP contribution in [-0.2, 0) is 0 Å². The SMILES string of the molecule is CCC1CN(c2c(Cl)cccc2C=O)CCN1C. The average Bonchev–Trinajstić information content (AvgIpc) is 2.39. The Morgan fingerprint density at radius 2 is 2.22 bits per heavy atom. The van der Waals surface area contributed by atoms with Crippen molar-refractivity contribution in [1.29, 1.82) is 0 Å². The fourth-order valence-electron chi connectivity index (χ4n) is 2.55. The van der Waals surface area contributed by atoms with Crippen LogP contribution < -0.4 is 4.90 Å². The van der Waals surface area contributed by atoms with E-state index in [9.17, 15) is 4.79 Å². The number of carbonyl (C=O) groups excluding carboxylic acids is 1. The second kappa shape index (κ2) is 5.72. The molecular formula is C14H19ClN2O. The van der Waals surface area contributed by atoms with Crippen LogP contribution in [0.3, 0.4) is 0 Å². The molecule has 1 heterocycles. The van der Waals surface area contributed by atoms with Gasteiger partial charge in [0.1, 0.15) is 0 Å². The molecule has 0 N–H and O–H groups in total. The average molecular weight is 267 g/mol. The van der Waals surface area contributed by atoms with Crippen LogP contribution >= 0.6 is 11.6 Å². The monoisotopic (exact) mass is 266 g/mol. The highest BCUT2D eigenvalue weighted by Gasteiger charge is 2.25. The smallest absolute Gasteiger partial charge is 0.152 e. The van der Waals surface area contributed by atoms with Crippen molar-refractivity contribution in [2.75, 3.05) is 31.6 Å². The lowest BCUT2D eigenvalue weighted by molar-refractivity contribution is 0.112. The molecule has 0 spiro atoms. The third kappa shape index (κ3) is 2.52. The first kappa shape index (κ1) is 13.4. The van der Waals surface area contributed by atoms with Crippen molar-refractivity contribution in [3.8, 4) is 0 Å². The highest BCUT2D eigenvalue weighted by atomic mass is 35.5. The summed E-state index contributed by atoms with van der Waals surface area (Å²) in [6.07, 6.45) is 1.99. The van der Waals surface area contributed by atoms with Gasteiger partial charge in [-0.2, -0.15) is 0 Å². The van der Waals surface area contributed by atoms with Crippen LogP contribution in [-0.4, -0.2) is 43.9 Å². The normalized spacial score (nSPS) is 21.1. The summed E-state index contributed by atoms with van der Waals surface area (Å²) in [5.74, 6) is 0. The third-order valence-electron chi connectivity index (χ3n) is 3.71. The Balaban J connectivity index is 2.29. The summed E-state index contributed by atoms with van der Waals surface area (Å²) in [5, 5.41) is 0.666. The topological polar surface area (TPSA) is 23.6 Å². The lowest BCUT2D eigenvalue weighted by atomic mass is 10.1. The van der Waals surface area contributed by atoms with E-state index in [-0.39, 0.29) is 0 Å². The number of hydrogen-bond donors (Lipinski definition) is 0. The minimum atomic E-state index is 0.523. The van der Waals surface area contributed by atoms with Gasteiger partial charge in [-0.05, 0) is 25.6 Å². The van der Waals surface area contributed by atoms with Gasteiger partial charge in [-0.1, -0.05) is 24.6 Å². The maximum Gasteiger partial charge on any atom is 0.152 e. The Kier molecular flexibility index (Phi) is 4.25. The van der Waals surface area contributed by atoms with E-state index in [0.29, 0.717) is 16.6 Å². The van der Waals surface area contributed by atoms with Crippen LogP contribution in [0.1, 0.15) is 23.7 Å². The number of likely N-dealkylation sites (N-methyl/N-ethyl adjacent to an activating group) is 1. The lowest BCUT2D eigenvalue weighted by Gasteiger charge is -2.41. The van der Waals surface area contributed by atoms with Gasteiger partial charge in [-0.25, -0.2) is 0 Å². The van der Waals surface area contributed by atoms with E-state index in [0.717, 1.165) is 38.0 Å². The first-order valence-electron chi connectivity index (χ1n) is 6.36. The fraction of sp³-hybridized carbons (Fsp3) is 0.500. The van der Waals surface area contributed by atoms with Crippen molar-refractivity contribution in [2.45, 2.75) is 19.4 Å². The number of rotatable bonds is 3. The molecule has 1 aliphatic rings. The number of piperazine rings is 1. The first-order valence-corrected chi connectivity index (χ1v) is 6.74. The van der Waals surface area contributed by atoms with Gasteiger partial charge in [0.15, 0.2) is 6.29 Å². The van der Waals surface area contributed by atoms with Gasteiger partial charge in [-0.3, -0.25) is 9.69 Å². The summed E-state index contributed by atoms with van der Waals surface area (Å²) in [4.78, 5) is 15.7. The molecule has 0 amide bonds. The highest BCUT2D eigenvalue weighted by molar-refractivity contribution is 6.33. The van der Waals surface area contributed by atoms with Crippen molar-refractivity contribution in [2.24, 2.45) is 0 Å². The number of halogens is 1. The zero-order chi connectivity index (χ0) is 13.1. The predicted octanol–water partition coefficient (Wildman–Crippen LogP) is 2.68. The summed E-state index contributed by atoms with van der Waals surface area (Å²) in [7, 11) is 2.15. The van der Waals surface area contributed by atoms with E-state index in [1.807, 2.05) is 18.2 Å². The Bertz CT molecular complexity index is 436. The molecule has 0 aliphatic carbocycles. The molecule has 1 aliphatic heterocycles. The van der Waals surface area contributed by atoms with Crippen molar-refractivity contribution in [1.82, 2.24) is 4.90 Å². The maximum absolute atomic E-state index is 11.1. The molecule has 0 saturated carbocycles. The molecule has 1 saturated heterocycles. The molecule has 1 atom stereocenters. The van der Waals surface area contributed by atoms with Gasteiger partial charge < -0.3 is 4.90 Å². The zero-order valence-corrected chi connectivity index (χ0v) is 11.7. The minimum absolute atomic E-state index is 0.523. The van der Waals surface area contributed by atoms with Crippen LogP contribution in [0.25, 0.3) is 0 Å². The van der Waals surface area contributed by atoms with Crippen LogP contribution in [0.4, 0.5) is 5.69 Å². The van der Waals surface area contributed by atoms with Gasteiger partial charge in [0, 0.05) is 31.2 Å². The molecule has 0 radical (unpaired) electrons. The molecule has 1 fully saturated rings. The van der Waals surface area contributed by atoms with Gasteiger partial charge in [0.05, 0.1) is 10.7 Å². The Labute approximate surface area is 113 Å². The molecule has 0 aromatic heterocycles. The molecule has 1 unspecified atom stereocenters. The van der Waals surface area contributed by atoms with Gasteiger partial charge in [-0.15, -0.1) is 0 Å². The number of hydrogen-bond acceptors (Lipinski definition) is 3. The molecule has 1 aromatic rings. The van der Waals surface area contributed by atoms with Gasteiger partial charge >= 0.3 is 0 Å². The van der Waals surface area contributed by atoms with E-state index in [1.54, 1.807) is 0 Å². The van der Waals surface area contributed by atoms with Crippen LogP contribution in [0.5, 0.6) is 0 Å². The van der Waals surface area contributed by atoms with E-state index < -0.39 is 0 Å². The number of aldehydes is 1. The highest BCUT2D eigenvalue weighted by Crippen LogP contribution is 2.30. The number of nitrogens with zero attached hydrogens (tertiary/aromatic N) is 2. The molecule has 98 valence electrons. The summed E-state index contributed by atoms with van der Waals surface area (Å²) >= 11 is 6.25. The third-order valence-corrected chi connectivity index (χ3v) is 4.01. The van der Waals surface area contributed by atoms with Crippen molar-refractivity contribution in [3.05, 3.63) is 28.8 Å². The molecule has 1 aromatic carbocycles. The number of benzene rings is 1. The van der Waals surface area contributed by atoms with Crippen molar-refractivity contribution in [3.63, 3.8) is 0 Å². The summed E-state index contributed by atoms with van der Waals surface area (Å²) < 4.78 is 0. The molecule has 3 nitrogen and oxygen atoms in total. The van der Waals surface area contributed by atoms with Gasteiger partial charge in [0.2, 0.25) is 0 Å². The summed E-state index contributed by atoms with van der Waals surface area (Å²) in [6.45, 7) is 5.04. The van der Waals surface area contributed by atoms with E-state index in [4.69, 9.17) is 11.6 Å². The standard InChI is InChI=1S/C14H19ClN2O/c1-3-12-9-17(8-7-16(12)2)14-11(10-18)5-4-6-13(14)15/h4-6,10,12H,3,7-9H2,1-2H3. The fourth-order valence-corrected chi connectivity index (χ4v) is 2.85. The predicted molar refractivity (Wildman–Crippen MR) is 75.8 cm³/mol. The Hall–Kier alpha value is -1.06. The quantitative estimate of drug-likeness (QED) is 0.786. The van der Waals surface area contributed by atoms with Crippen LogP contribution in [0, 0.1) is 0 Å². The number of anilines is 1. The number of para-hydroxylation sites is 1. The first-order chi connectivity index (χ1) is 8.67. The molecule has 0 bridgehead atoms. The van der Waals surface area contributed by atoms with E-state index in [1.165, 1.54) is 0 Å².